The first-order valence-electron chi connectivity index (χ1n) is 8.65. The molecule has 0 fully saturated rings. The Kier molecular flexibility index (Phi) is 5.22. The van der Waals surface area contributed by atoms with Crippen LogP contribution in [0.4, 0.5) is 0 Å². The Balaban J connectivity index is 2.42. The zero-order chi connectivity index (χ0) is 18.8. The number of allylic oxidation sites excluding steroid dienone is 1. The molecule has 1 N–H and O–H groups in total. The summed E-state index contributed by atoms with van der Waals surface area (Å²) >= 11 is 0. The Labute approximate surface area is 151 Å². The molecule has 0 unspecified atom stereocenters. The van der Waals surface area contributed by atoms with Crippen LogP contribution in [0.2, 0.25) is 0 Å². The van der Waals surface area contributed by atoms with Crippen LogP contribution in [-0.4, -0.2) is 10.9 Å². The molecule has 2 aromatic rings. The van der Waals surface area contributed by atoms with Crippen molar-refractivity contribution in [2.45, 2.75) is 52.4 Å². The molecule has 2 heteroatoms. The minimum Gasteiger partial charge on any atom is -0.507 e. The van der Waals surface area contributed by atoms with Crippen LogP contribution in [0, 0.1) is 0 Å². The highest BCUT2D eigenvalue weighted by molar-refractivity contribution is 6.08. The van der Waals surface area contributed by atoms with Crippen molar-refractivity contribution in [1.29, 1.82) is 0 Å². The fourth-order valence-electron chi connectivity index (χ4n) is 2.56. The van der Waals surface area contributed by atoms with Gasteiger partial charge in [-0.1, -0.05) is 78.0 Å². The lowest BCUT2D eigenvalue weighted by Gasteiger charge is -2.25. The highest BCUT2D eigenvalue weighted by Gasteiger charge is 2.20. The average molecular weight is 336 g/mol. The second-order valence-electron chi connectivity index (χ2n) is 8.56. The molecule has 2 nitrogen and oxygen atoms in total. The molecule has 0 heterocycles. The smallest absolute Gasteiger partial charge is 0.189 e. The minimum absolute atomic E-state index is 0.0102. The number of phenolic OH excluding ortho intramolecular Hbond substituents is 1. The van der Waals surface area contributed by atoms with Crippen molar-refractivity contribution in [3.63, 3.8) is 0 Å². The molecular formula is C23H28O2. The van der Waals surface area contributed by atoms with Gasteiger partial charge in [-0.15, -0.1) is 0 Å². The molecule has 0 aromatic heterocycles. The van der Waals surface area contributed by atoms with E-state index >= 15 is 0 Å². The summed E-state index contributed by atoms with van der Waals surface area (Å²) in [5, 5.41) is 9.82. The van der Waals surface area contributed by atoms with Crippen LogP contribution in [0.1, 0.15) is 68.6 Å². The first-order chi connectivity index (χ1) is 11.5. The van der Waals surface area contributed by atoms with Crippen LogP contribution in [0.3, 0.4) is 0 Å². The van der Waals surface area contributed by atoms with E-state index < -0.39 is 0 Å². The molecule has 0 saturated heterocycles. The SMILES string of the molecule is CC(C)(C)c1cc(/C=C/C(=O)c2ccccc2O)cc(C(C)(C)C)c1. The van der Waals surface area contributed by atoms with Crippen molar-refractivity contribution in [2.75, 3.05) is 0 Å². The monoisotopic (exact) mass is 336 g/mol. The van der Waals surface area contributed by atoms with E-state index in [9.17, 15) is 9.90 Å². The van der Waals surface area contributed by atoms with Crippen LogP contribution in [0.25, 0.3) is 6.08 Å². The van der Waals surface area contributed by atoms with Gasteiger partial charge in [0, 0.05) is 0 Å². The number of benzene rings is 2. The quantitative estimate of drug-likeness (QED) is 0.561. The Morgan fingerprint density at radius 2 is 1.40 bits per heavy atom. The lowest BCUT2D eigenvalue weighted by Crippen LogP contribution is -2.16. The van der Waals surface area contributed by atoms with Crippen molar-refractivity contribution in [1.82, 2.24) is 0 Å². The molecule has 2 rings (SSSR count). The largest absolute Gasteiger partial charge is 0.507 e. The van der Waals surface area contributed by atoms with Crippen molar-refractivity contribution >= 4 is 11.9 Å². The van der Waals surface area contributed by atoms with Gasteiger partial charge in [0.05, 0.1) is 5.56 Å². The summed E-state index contributed by atoms with van der Waals surface area (Å²) in [4.78, 5) is 12.4. The third-order valence-electron chi connectivity index (χ3n) is 4.28. The molecule has 25 heavy (non-hydrogen) atoms. The minimum atomic E-state index is -0.198. The van der Waals surface area contributed by atoms with E-state index in [1.165, 1.54) is 23.3 Å². The van der Waals surface area contributed by atoms with Gasteiger partial charge in [-0.05, 0) is 45.7 Å². The second kappa shape index (κ2) is 6.87. The normalized spacial score (nSPS) is 12.6. The fourth-order valence-corrected chi connectivity index (χ4v) is 2.56. The lowest BCUT2D eigenvalue weighted by atomic mass is 9.79. The molecule has 0 radical (unpaired) electrons. The Morgan fingerprint density at radius 1 is 0.880 bits per heavy atom. The van der Waals surface area contributed by atoms with Gasteiger partial charge in [-0.25, -0.2) is 0 Å². The van der Waals surface area contributed by atoms with Crippen LogP contribution in [0.5, 0.6) is 5.75 Å². The number of para-hydroxylation sites is 1. The summed E-state index contributed by atoms with van der Waals surface area (Å²) in [7, 11) is 0. The highest BCUT2D eigenvalue weighted by atomic mass is 16.3. The maximum atomic E-state index is 12.4. The number of rotatable bonds is 3. The maximum absolute atomic E-state index is 12.4. The number of aromatic hydroxyl groups is 1. The van der Waals surface area contributed by atoms with Gasteiger partial charge in [0.1, 0.15) is 5.75 Å². The topological polar surface area (TPSA) is 37.3 Å². The lowest BCUT2D eigenvalue weighted by molar-refractivity contribution is 0.104. The van der Waals surface area contributed by atoms with E-state index in [1.807, 2.05) is 6.08 Å². The van der Waals surface area contributed by atoms with Crippen LogP contribution < -0.4 is 0 Å². The van der Waals surface area contributed by atoms with Crippen molar-refractivity contribution in [2.24, 2.45) is 0 Å². The Morgan fingerprint density at radius 3 is 1.88 bits per heavy atom. The van der Waals surface area contributed by atoms with Crippen LogP contribution in [-0.2, 0) is 10.8 Å². The molecule has 0 amide bonds. The number of ketones is 1. The zero-order valence-corrected chi connectivity index (χ0v) is 16.1. The molecule has 0 saturated carbocycles. The third-order valence-corrected chi connectivity index (χ3v) is 4.28. The summed E-state index contributed by atoms with van der Waals surface area (Å²) in [5.74, 6) is -0.187. The summed E-state index contributed by atoms with van der Waals surface area (Å²) in [6.45, 7) is 13.1. The van der Waals surface area contributed by atoms with Gasteiger partial charge in [-0.2, -0.15) is 0 Å². The molecule has 2 aromatic carbocycles. The van der Waals surface area contributed by atoms with Crippen molar-refractivity contribution in [3.05, 3.63) is 70.8 Å². The third kappa shape index (κ3) is 4.82. The van der Waals surface area contributed by atoms with Gasteiger partial charge in [0.15, 0.2) is 5.78 Å². The van der Waals surface area contributed by atoms with E-state index in [0.29, 0.717) is 5.56 Å². The van der Waals surface area contributed by atoms with Gasteiger partial charge in [0.2, 0.25) is 0 Å². The molecule has 0 aliphatic carbocycles. The van der Waals surface area contributed by atoms with E-state index in [4.69, 9.17) is 0 Å². The van der Waals surface area contributed by atoms with E-state index in [-0.39, 0.29) is 22.4 Å². The average Bonchev–Trinajstić information content (AvgIpc) is 2.51. The molecular weight excluding hydrogens is 308 g/mol. The van der Waals surface area contributed by atoms with E-state index in [0.717, 1.165) is 5.56 Å². The maximum Gasteiger partial charge on any atom is 0.189 e. The predicted molar refractivity (Wildman–Crippen MR) is 105 cm³/mol. The summed E-state index contributed by atoms with van der Waals surface area (Å²) < 4.78 is 0. The first kappa shape index (κ1) is 19.0. The molecule has 0 spiro atoms. The number of carbonyl (C=O) groups is 1. The molecule has 0 aliphatic heterocycles. The van der Waals surface area contributed by atoms with Crippen molar-refractivity contribution < 1.29 is 9.90 Å². The van der Waals surface area contributed by atoms with Crippen molar-refractivity contribution in [3.8, 4) is 5.75 Å². The van der Waals surface area contributed by atoms with Gasteiger partial charge in [-0.3, -0.25) is 4.79 Å². The fraction of sp³-hybridized carbons (Fsp3) is 0.348. The van der Waals surface area contributed by atoms with Gasteiger partial charge >= 0.3 is 0 Å². The van der Waals surface area contributed by atoms with Crippen LogP contribution >= 0.6 is 0 Å². The second-order valence-corrected chi connectivity index (χ2v) is 8.56. The van der Waals surface area contributed by atoms with E-state index in [1.54, 1.807) is 18.2 Å². The van der Waals surface area contributed by atoms with E-state index in [2.05, 4.69) is 59.7 Å². The number of hydrogen-bond donors (Lipinski definition) is 1. The van der Waals surface area contributed by atoms with Gasteiger partial charge < -0.3 is 5.11 Å². The zero-order valence-electron chi connectivity index (χ0n) is 16.1. The standard InChI is InChI=1S/C23H28O2/c1-22(2,3)17-13-16(14-18(15-17)23(4,5)6)11-12-21(25)19-9-7-8-10-20(19)24/h7-15,24H,1-6H3/b12-11+. The summed E-state index contributed by atoms with van der Waals surface area (Å²) in [6.07, 6.45) is 3.36. The molecule has 132 valence electrons. The Bertz CT molecular complexity index is 767. The Hall–Kier alpha value is -2.35. The first-order valence-corrected chi connectivity index (χ1v) is 8.65. The van der Waals surface area contributed by atoms with Gasteiger partial charge in [0.25, 0.3) is 0 Å². The van der Waals surface area contributed by atoms with Crippen LogP contribution in [0.15, 0.2) is 48.5 Å². The highest BCUT2D eigenvalue weighted by Crippen LogP contribution is 2.30. The molecule has 0 atom stereocenters. The predicted octanol–water partition coefficient (Wildman–Crippen LogP) is 5.88. The summed E-state index contributed by atoms with van der Waals surface area (Å²) in [6, 6.07) is 13.1. The number of carbonyl (C=O) groups excluding carboxylic acids is 1. The molecule has 0 aliphatic rings. The molecule has 0 bridgehead atoms. The number of phenols is 1. The number of hydrogen-bond acceptors (Lipinski definition) is 2. The summed E-state index contributed by atoms with van der Waals surface area (Å²) in [5.41, 5.74) is 3.88.